The molecule has 1 saturated heterocycles. The number of nitrogens with zero attached hydrogens (tertiary/aromatic N) is 2. The minimum Gasteiger partial charge on any atom is -0.497 e. The number of amides is 2. The highest BCUT2D eigenvalue weighted by Gasteiger charge is 2.37. The summed E-state index contributed by atoms with van der Waals surface area (Å²) in [4.78, 5) is 28.3. The van der Waals surface area contributed by atoms with E-state index in [1.54, 1.807) is 49.3 Å². The zero-order valence-corrected chi connectivity index (χ0v) is 14.9. The summed E-state index contributed by atoms with van der Waals surface area (Å²) in [6.07, 6.45) is 2.25. The molecule has 24 heavy (non-hydrogen) atoms. The third-order valence-corrected chi connectivity index (χ3v) is 4.38. The Hall–Kier alpha value is -2.24. The van der Waals surface area contributed by atoms with Gasteiger partial charge in [0.05, 0.1) is 25.8 Å². The lowest BCUT2D eigenvalue weighted by Crippen LogP contribution is -2.35. The molecule has 1 atom stereocenters. The van der Waals surface area contributed by atoms with E-state index in [0.717, 1.165) is 19.4 Å². The van der Waals surface area contributed by atoms with Gasteiger partial charge in [-0.1, -0.05) is 13.3 Å². The molecule has 2 rings (SSSR count). The Morgan fingerprint density at radius 1 is 1.33 bits per heavy atom. The van der Waals surface area contributed by atoms with Crippen molar-refractivity contribution >= 4 is 17.5 Å². The Bertz CT molecular complexity index is 603. The molecule has 1 aliphatic heterocycles. The number of unbranched alkanes of at least 4 members (excludes halogenated alkanes) is 1. The van der Waals surface area contributed by atoms with Gasteiger partial charge in [-0.05, 0) is 18.6 Å². The smallest absolute Gasteiger partial charge is 0.227 e. The molecule has 0 spiro atoms. The highest BCUT2D eigenvalue weighted by molar-refractivity contribution is 6.01. The first-order chi connectivity index (χ1) is 11.5. The number of rotatable bonds is 7. The Morgan fingerprint density at radius 3 is 2.71 bits per heavy atom. The van der Waals surface area contributed by atoms with Gasteiger partial charge < -0.3 is 19.3 Å². The molecule has 1 heterocycles. The lowest BCUT2D eigenvalue weighted by atomic mass is 10.1. The van der Waals surface area contributed by atoms with Gasteiger partial charge in [-0.2, -0.15) is 0 Å². The fourth-order valence-electron chi connectivity index (χ4n) is 2.93. The normalized spacial score (nSPS) is 17.1. The predicted molar refractivity (Wildman–Crippen MR) is 92.6 cm³/mol. The van der Waals surface area contributed by atoms with Crippen molar-refractivity contribution in [2.45, 2.75) is 26.2 Å². The molecular formula is C18H26N2O4. The highest BCUT2D eigenvalue weighted by Crippen LogP contribution is 2.36. The molecule has 0 N–H and O–H groups in total. The second-order valence-electron chi connectivity index (χ2n) is 6.06. The molecule has 0 radical (unpaired) electrons. The summed E-state index contributed by atoms with van der Waals surface area (Å²) >= 11 is 0. The van der Waals surface area contributed by atoms with Crippen molar-refractivity contribution < 1.29 is 19.1 Å². The minimum absolute atomic E-state index is 0.0341. The van der Waals surface area contributed by atoms with Crippen molar-refractivity contribution in [2.24, 2.45) is 5.92 Å². The molecule has 0 aliphatic carbocycles. The van der Waals surface area contributed by atoms with Crippen LogP contribution in [0, 0.1) is 5.92 Å². The summed E-state index contributed by atoms with van der Waals surface area (Å²) in [6.45, 7) is 3.21. The number of methoxy groups -OCH3 is 2. The van der Waals surface area contributed by atoms with Crippen molar-refractivity contribution in [1.29, 1.82) is 0 Å². The molecule has 0 bridgehead atoms. The van der Waals surface area contributed by atoms with Crippen LogP contribution in [0.3, 0.4) is 0 Å². The third kappa shape index (κ3) is 3.80. The van der Waals surface area contributed by atoms with E-state index in [9.17, 15) is 9.59 Å². The van der Waals surface area contributed by atoms with E-state index in [1.165, 1.54) is 0 Å². The van der Waals surface area contributed by atoms with E-state index in [0.29, 0.717) is 23.7 Å². The zero-order chi connectivity index (χ0) is 17.7. The Labute approximate surface area is 143 Å². The van der Waals surface area contributed by atoms with Gasteiger partial charge in [-0.15, -0.1) is 0 Å². The molecule has 2 amide bonds. The van der Waals surface area contributed by atoms with Crippen LogP contribution in [-0.2, 0) is 9.59 Å². The lowest BCUT2D eigenvalue weighted by Gasteiger charge is -2.22. The number of benzene rings is 1. The quantitative estimate of drug-likeness (QED) is 0.768. The van der Waals surface area contributed by atoms with Crippen LogP contribution in [0.5, 0.6) is 11.5 Å². The van der Waals surface area contributed by atoms with Gasteiger partial charge in [0, 0.05) is 32.6 Å². The number of carbonyl (C=O) groups is 2. The van der Waals surface area contributed by atoms with Crippen LogP contribution in [0.25, 0.3) is 0 Å². The zero-order valence-electron chi connectivity index (χ0n) is 14.9. The molecule has 1 fully saturated rings. The van der Waals surface area contributed by atoms with Crippen LogP contribution in [0.4, 0.5) is 5.69 Å². The average molecular weight is 334 g/mol. The van der Waals surface area contributed by atoms with Gasteiger partial charge in [0.2, 0.25) is 11.8 Å². The molecule has 132 valence electrons. The number of carbonyl (C=O) groups excluding carboxylic acids is 2. The topological polar surface area (TPSA) is 59.1 Å². The van der Waals surface area contributed by atoms with Gasteiger partial charge >= 0.3 is 0 Å². The van der Waals surface area contributed by atoms with E-state index in [4.69, 9.17) is 9.47 Å². The Morgan fingerprint density at radius 2 is 2.08 bits per heavy atom. The molecule has 1 unspecified atom stereocenters. The van der Waals surface area contributed by atoms with E-state index in [1.807, 2.05) is 0 Å². The molecule has 1 aromatic carbocycles. The molecule has 6 heteroatoms. The molecular weight excluding hydrogens is 308 g/mol. The Kier molecular flexibility index (Phi) is 6.06. The first-order valence-electron chi connectivity index (χ1n) is 8.29. The summed E-state index contributed by atoms with van der Waals surface area (Å²) < 4.78 is 10.6. The molecule has 0 saturated carbocycles. The number of ether oxygens (including phenoxy) is 2. The fourth-order valence-corrected chi connectivity index (χ4v) is 2.93. The summed E-state index contributed by atoms with van der Waals surface area (Å²) in [7, 11) is 4.94. The molecule has 0 aromatic heterocycles. The van der Waals surface area contributed by atoms with Crippen molar-refractivity contribution in [1.82, 2.24) is 4.90 Å². The SMILES string of the molecule is CCCCN(C)C(=O)C1CC(=O)N(c2ccc(OC)cc2OC)C1. The maximum atomic E-state index is 12.5. The van der Waals surface area contributed by atoms with E-state index in [2.05, 4.69) is 6.92 Å². The second-order valence-corrected chi connectivity index (χ2v) is 6.06. The van der Waals surface area contributed by atoms with Gasteiger partial charge in [0.15, 0.2) is 0 Å². The van der Waals surface area contributed by atoms with Crippen molar-refractivity contribution in [2.75, 3.05) is 39.3 Å². The summed E-state index contributed by atoms with van der Waals surface area (Å²) in [6, 6.07) is 5.32. The lowest BCUT2D eigenvalue weighted by molar-refractivity contribution is -0.134. The fraction of sp³-hybridized carbons (Fsp3) is 0.556. The van der Waals surface area contributed by atoms with Gasteiger partial charge in [0.25, 0.3) is 0 Å². The summed E-state index contributed by atoms with van der Waals surface area (Å²) in [5, 5.41) is 0. The van der Waals surface area contributed by atoms with Gasteiger partial charge in [-0.3, -0.25) is 9.59 Å². The minimum atomic E-state index is -0.300. The van der Waals surface area contributed by atoms with Crippen LogP contribution in [0.1, 0.15) is 26.2 Å². The van der Waals surface area contributed by atoms with Crippen molar-refractivity contribution in [3.05, 3.63) is 18.2 Å². The number of anilines is 1. The monoisotopic (exact) mass is 334 g/mol. The first-order valence-corrected chi connectivity index (χ1v) is 8.29. The Balaban J connectivity index is 2.14. The highest BCUT2D eigenvalue weighted by atomic mass is 16.5. The largest absolute Gasteiger partial charge is 0.497 e. The van der Waals surface area contributed by atoms with Crippen LogP contribution < -0.4 is 14.4 Å². The van der Waals surface area contributed by atoms with Crippen LogP contribution in [0.15, 0.2) is 18.2 Å². The number of hydrogen-bond acceptors (Lipinski definition) is 4. The molecule has 1 aromatic rings. The van der Waals surface area contributed by atoms with Crippen LogP contribution in [-0.4, -0.2) is 51.1 Å². The van der Waals surface area contributed by atoms with Gasteiger partial charge in [0.1, 0.15) is 11.5 Å². The maximum Gasteiger partial charge on any atom is 0.227 e. The predicted octanol–water partition coefficient (Wildman–Crippen LogP) is 2.32. The van der Waals surface area contributed by atoms with Crippen molar-refractivity contribution in [3.8, 4) is 11.5 Å². The third-order valence-electron chi connectivity index (χ3n) is 4.38. The average Bonchev–Trinajstić information content (AvgIpc) is 2.99. The van der Waals surface area contributed by atoms with Gasteiger partial charge in [-0.25, -0.2) is 0 Å². The van der Waals surface area contributed by atoms with E-state index >= 15 is 0 Å². The number of hydrogen-bond donors (Lipinski definition) is 0. The summed E-state index contributed by atoms with van der Waals surface area (Å²) in [5.41, 5.74) is 0.676. The van der Waals surface area contributed by atoms with E-state index in [-0.39, 0.29) is 24.2 Å². The molecule has 1 aliphatic rings. The van der Waals surface area contributed by atoms with Crippen molar-refractivity contribution in [3.63, 3.8) is 0 Å². The van der Waals surface area contributed by atoms with E-state index < -0.39 is 0 Å². The first kappa shape index (κ1) is 18.1. The standard InChI is InChI=1S/C18H26N2O4/c1-5-6-9-19(2)18(22)13-10-17(21)20(12-13)15-8-7-14(23-3)11-16(15)24-4/h7-8,11,13H,5-6,9-10,12H2,1-4H3. The van der Waals surface area contributed by atoms with Crippen LogP contribution in [0.2, 0.25) is 0 Å². The summed E-state index contributed by atoms with van der Waals surface area (Å²) in [5.74, 6) is 0.906. The second kappa shape index (κ2) is 8.04. The molecule has 6 nitrogen and oxygen atoms in total. The van der Waals surface area contributed by atoms with Crippen LogP contribution >= 0.6 is 0 Å². The maximum absolute atomic E-state index is 12.5.